The van der Waals surface area contributed by atoms with Gasteiger partial charge in [-0.05, 0) is 55.5 Å². The molecule has 0 bridgehead atoms. The summed E-state index contributed by atoms with van der Waals surface area (Å²) in [5, 5.41) is 5.07. The number of likely N-dealkylation sites (tertiary alicyclic amines) is 1. The lowest BCUT2D eigenvalue weighted by molar-refractivity contribution is -0.145. The Morgan fingerprint density at radius 2 is 1.69 bits per heavy atom. The number of hydrogen-bond acceptors (Lipinski definition) is 6. The molecule has 1 aromatic carbocycles. The highest BCUT2D eigenvalue weighted by Crippen LogP contribution is 2.30. The van der Waals surface area contributed by atoms with Crippen molar-refractivity contribution >= 4 is 28.8 Å². The summed E-state index contributed by atoms with van der Waals surface area (Å²) in [5.41, 5.74) is 1.19. The summed E-state index contributed by atoms with van der Waals surface area (Å²) in [7, 11) is 1.68. The number of anilines is 1. The Bertz CT molecular complexity index is 888. The summed E-state index contributed by atoms with van der Waals surface area (Å²) < 4.78 is 5.27. The molecule has 2 aliphatic rings. The number of methoxy groups -OCH3 is 1. The molecule has 7 nitrogen and oxygen atoms in total. The molecule has 0 unspecified atom stereocenters. The average molecular weight is 457 g/mol. The quantitative estimate of drug-likeness (QED) is 0.677. The van der Waals surface area contributed by atoms with E-state index in [-0.39, 0.29) is 12.1 Å². The molecule has 1 N–H and O–H groups in total. The second-order valence-electron chi connectivity index (χ2n) is 8.44. The fraction of sp³-hybridized carbons (Fsp3) is 0.500. The van der Waals surface area contributed by atoms with Gasteiger partial charge in [-0.1, -0.05) is 6.07 Å². The van der Waals surface area contributed by atoms with Crippen LogP contribution in [0.15, 0.2) is 41.8 Å². The van der Waals surface area contributed by atoms with Crippen LogP contribution in [0.1, 0.15) is 30.7 Å². The van der Waals surface area contributed by atoms with Crippen LogP contribution in [0.4, 0.5) is 5.69 Å². The first-order valence-corrected chi connectivity index (χ1v) is 12.2. The topological polar surface area (TPSA) is 65.1 Å². The molecule has 0 spiro atoms. The molecule has 172 valence electrons. The summed E-state index contributed by atoms with van der Waals surface area (Å²) in [5.74, 6) is -0.0281. The molecular weight excluding hydrogens is 424 g/mol. The van der Waals surface area contributed by atoms with Gasteiger partial charge in [-0.15, -0.1) is 11.3 Å². The fourth-order valence-electron chi connectivity index (χ4n) is 4.66. The Morgan fingerprint density at radius 3 is 2.28 bits per heavy atom. The van der Waals surface area contributed by atoms with Gasteiger partial charge in [0.2, 0.25) is 0 Å². The monoisotopic (exact) mass is 456 g/mol. The van der Waals surface area contributed by atoms with Crippen molar-refractivity contribution in [2.75, 3.05) is 51.3 Å². The van der Waals surface area contributed by atoms with Crippen LogP contribution in [0.2, 0.25) is 0 Å². The third kappa shape index (κ3) is 5.07. The molecule has 8 heteroatoms. The number of carbonyl (C=O) groups excluding carboxylic acids is 2. The zero-order valence-corrected chi connectivity index (χ0v) is 19.6. The van der Waals surface area contributed by atoms with Crippen molar-refractivity contribution in [2.45, 2.75) is 31.8 Å². The Morgan fingerprint density at radius 1 is 1.00 bits per heavy atom. The van der Waals surface area contributed by atoms with Crippen molar-refractivity contribution in [3.05, 3.63) is 46.7 Å². The van der Waals surface area contributed by atoms with Crippen LogP contribution in [0.3, 0.4) is 0 Å². The normalized spacial score (nSPS) is 18.9. The predicted molar refractivity (Wildman–Crippen MR) is 127 cm³/mol. The third-order valence-corrected chi connectivity index (χ3v) is 7.34. The highest BCUT2D eigenvalue weighted by molar-refractivity contribution is 7.10. The molecule has 1 aromatic heterocycles. The van der Waals surface area contributed by atoms with Crippen LogP contribution in [0.5, 0.6) is 5.75 Å². The first kappa shape index (κ1) is 22.6. The molecule has 2 aromatic rings. The zero-order valence-electron chi connectivity index (χ0n) is 18.8. The number of piperazine rings is 1. The van der Waals surface area contributed by atoms with Crippen molar-refractivity contribution in [3.8, 4) is 5.75 Å². The van der Waals surface area contributed by atoms with Crippen LogP contribution >= 0.6 is 11.3 Å². The van der Waals surface area contributed by atoms with Crippen LogP contribution in [0, 0.1) is 0 Å². The summed E-state index contributed by atoms with van der Waals surface area (Å²) in [6.07, 6.45) is 1.95. The maximum atomic E-state index is 12.7. The van der Waals surface area contributed by atoms with Crippen LogP contribution < -0.4 is 15.0 Å². The average Bonchev–Trinajstić information content (AvgIpc) is 3.54. The van der Waals surface area contributed by atoms with E-state index in [4.69, 9.17) is 4.74 Å². The summed E-state index contributed by atoms with van der Waals surface area (Å²) in [6, 6.07) is 12.2. The number of amides is 2. The highest BCUT2D eigenvalue weighted by Gasteiger charge is 2.33. The Hall–Kier alpha value is -2.58. The first-order valence-electron chi connectivity index (χ1n) is 11.3. The van der Waals surface area contributed by atoms with E-state index in [1.807, 2.05) is 25.1 Å². The van der Waals surface area contributed by atoms with Gasteiger partial charge in [0.1, 0.15) is 5.75 Å². The van der Waals surface area contributed by atoms with Gasteiger partial charge in [-0.25, -0.2) is 0 Å². The maximum Gasteiger partial charge on any atom is 0.311 e. The molecule has 2 fully saturated rings. The molecule has 2 saturated heterocycles. The van der Waals surface area contributed by atoms with E-state index in [0.717, 1.165) is 44.8 Å². The number of benzene rings is 1. The van der Waals surface area contributed by atoms with E-state index >= 15 is 0 Å². The number of thiophene rings is 1. The van der Waals surface area contributed by atoms with Crippen molar-refractivity contribution in [3.63, 3.8) is 0 Å². The Balaban J connectivity index is 1.41. The largest absolute Gasteiger partial charge is 0.497 e. The highest BCUT2D eigenvalue weighted by atomic mass is 32.1. The van der Waals surface area contributed by atoms with Crippen LogP contribution in [-0.2, 0) is 9.59 Å². The number of hydrogen-bond donors (Lipinski definition) is 1. The molecule has 2 aliphatic heterocycles. The molecule has 4 rings (SSSR count). The molecule has 0 radical (unpaired) electrons. The van der Waals surface area contributed by atoms with Crippen molar-refractivity contribution in [1.29, 1.82) is 0 Å². The minimum Gasteiger partial charge on any atom is -0.497 e. The Labute approximate surface area is 193 Å². The number of nitrogens with zero attached hydrogens (tertiary/aromatic N) is 3. The van der Waals surface area contributed by atoms with Crippen molar-refractivity contribution in [1.82, 2.24) is 15.1 Å². The van der Waals surface area contributed by atoms with E-state index in [1.54, 1.807) is 23.3 Å². The fourth-order valence-corrected chi connectivity index (χ4v) is 5.63. The molecule has 2 atom stereocenters. The van der Waals surface area contributed by atoms with Gasteiger partial charge < -0.3 is 19.9 Å². The molecule has 32 heavy (non-hydrogen) atoms. The van der Waals surface area contributed by atoms with E-state index in [1.165, 1.54) is 10.6 Å². The predicted octanol–water partition coefficient (Wildman–Crippen LogP) is 2.75. The first-order chi connectivity index (χ1) is 15.6. The van der Waals surface area contributed by atoms with Gasteiger partial charge >= 0.3 is 11.8 Å². The molecular formula is C24H32N4O3S. The van der Waals surface area contributed by atoms with Crippen molar-refractivity contribution < 1.29 is 14.3 Å². The van der Waals surface area contributed by atoms with Gasteiger partial charge in [-0.2, -0.15) is 0 Å². The molecule has 3 heterocycles. The summed E-state index contributed by atoms with van der Waals surface area (Å²) in [6.45, 7) is 6.95. The van der Waals surface area contributed by atoms with Gasteiger partial charge in [0.25, 0.3) is 0 Å². The minimum atomic E-state index is -0.488. The third-order valence-electron chi connectivity index (χ3n) is 6.40. The molecule has 2 amide bonds. The standard InChI is InChI=1S/C24H32N4O3S/c1-18(25-23(29)24(30)28-11-3-4-12-28)22(21-6-5-17-32-21)27-15-13-26(14-16-27)19-7-9-20(31-2)10-8-19/h5-10,17-18,22H,3-4,11-16H2,1-2H3,(H,25,29)/t18-,22-/m0/s1. The lowest BCUT2D eigenvalue weighted by Crippen LogP contribution is -2.54. The lowest BCUT2D eigenvalue weighted by atomic mass is 10.0. The number of rotatable bonds is 6. The SMILES string of the molecule is COc1ccc(N2CCN([C@H](c3cccs3)[C@H](C)NC(=O)C(=O)N3CCCC3)CC2)cc1. The Kier molecular flexibility index (Phi) is 7.32. The number of nitrogens with one attached hydrogen (secondary N) is 1. The number of carbonyl (C=O) groups is 2. The van der Waals surface area contributed by atoms with E-state index < -0.39 is 11.8 Å². The van der Waals surface area contributed by atoms with E-state index in [0.29, 0.717) is 13.1 Å². The number of ether oxygens (including phenoxy) is 1. The second-order valence-corrected chi connectivity index (χ2v) is 9.42. The molecule has 0 saturated carbocycles. The van der Waals surface area contributed by atoms with E-state index in [9.17, 15) is 9.59 Å². The van der Waals surface area contributed by atoms with Gasteiger partial charge in [0.15, 0.2) is 0 Å². The summed E-state index contributed by atoms with van der Waals surface area (Å²) >= 11 is 1.70. The zero-order chi connectivity index (χ0) is 22.5. The summed E-state index contributed by atoms with van der Waals surface area (Å²) in [4.78, 5) is 32.8. The van der Waals surface area contributed by atoms with Gasteiger partial charge in [0, 0.05) is 55.9 Å². The van der Waals surface area contributed by atoms with Crippen molar-refractivity contribution in [2.24, 2.45) is 0 Å². The van der Waals surface area contributed by atoms with Gasteiger partial charge in [-0.3, -0.25) is 14.5 Å². The smallest absolute Gasteiger partial charge is 0.311 e. The lowest BCUT2D eigenvalue weighted by Gasteiger charge is -2.42. The second kappa shape index (κ2) is 10.4. The maximum absolute atomic E-state index is 12.7. The van der Waals surface area contributed by atoms with Crippen LogP contribution in [-0.4, -0.2) is 74.0 Å². The van der Waals surface area contributed by atoms with E-state index in [2.05, 4.69) is 38.7 Å². The minimum absolute atomic E-state index is 0.0448. The van der Waals surface area contributed by atoms with Crippen LogP contribution in [0.25, 0.3) is 0 Å². The molecule has 0 aliphatic carbocycles. The van der Waals surface area contributed by atoms with Gasteiger partial charge in [0.05, 0.1) is 13.2 Å².